The molecule has 0 aliphatic carbocycles. The van der Waals surface area contributed by atoms with Gasteiger partial charge in [0.05, 0.1) is 0 Å². The molecule has 120 valence electrons. The third kappa shape index (κ3) is 4.91. The quantitative estimate of drug-likeness (QED) is 0.365. The van der Waals surface area contributed by atoms with E-state index in [2.05, 4.69) is 53.9 Å². The molecule has 2 rings (SSSR count). The van der Waals surface area contributed by atoms with Crippen LogP contribution >= 0.6 is 45.9 Å². The van der Waals surface area contributed by atoms with E-state index >= 15 is 0 Å². The van der Waals surface area contributed by atoms with Gasteiger partial charge in [-0.15, -0.1) is 0 Å². The second-order valence-corrected chi connectivity index (χ2v) is 41.3. The van der Waals surface area contributed by atoms with E-state index in [-0.39, 0.29) is 0 Å². The fraction of sp³-hybridized carbons (Fsp3) is 0.375. The van der Waals surface area contributed by atoms with E-state index in [1.54, 1.807) is 0 Å². The molecule has 0 spiro atoms. The van der Waals surface area contributed by atoms with Crippen LogP contribution in [-0.4, -0.2) is 36.8 Å². The minimum absolute atomic E-state index is 0.880. The van der Waals surface area contributed by atoms with Gasteiger partial charge in [-0.25, -0.2) is 0 Å². The van der Waals surface area contributed by atoms with E-state index in [4.69, 9.17) is 23.2 Å². The summed E-state index contributed by atoms with van der Waals surface area (Å²) < 4.78 is 3.03. The molecule has 2 aromatic rings. The summed E-state index contributed by atoms with van der Waals surface area (Å²) in [7, 11) is 0. The molecule has 0 aromatic carbocycles. The van der Waals surface area contributed by atoms with E-state index in [9.17, 15) is 0 Å². The van der Waals surface area contributed by atoms with Crippen molar-refractivity contribution in [2.24, 2.45) is 0 Å². The average molecular weight is 587 g/mol. The molecule has 0 bridgehead atoms. The number of halogens is 2. The van der Waals surface area contributed by atoms with Gasteiger partial charge in [-0.05, 0) is 0 Å². The van der Waals surface area contributed by atoms with Crippen LogP contribution in [0.2, 0.25) is 39.7 Å². The molecular formula is C16H22Cl2S2Sn2. The molecule has 0 N–H and O–H groups in total. The Kier molecular flexibility index (Phi) is 6.50. The zero-order valence-electron chi connectivity index (χ0n) is 13.9. The molecule has 22 heavy (non-hydrogen) atoms. The molecule has 2 heterocycles. The summed E-state index contributed by atoms with van der Waals surface area (Å²) >= 11 is 12.5. The van der Waals surface area contributed by atoms with Crippen molar-refractivity contribution in [2.45, 2.75) is 29.6 Å². The topological polar surface area (TPSA) is 0 Å². The van der Waals surface area contributed by atoms with Gasteiger partial charge in [0.15, 0.2) is 0 Å². The maximum atomic E-state index is 6.41. The Hall–Kier alpha value is 1.32. The number of hydrogen-bond acceptors (Lipinski definition) is 2. The molecule has 0 radical (unpaired) electrons. The first-order chi connectivity index (χ1) is 9.98. The van der Waals surface area contributed by atoms with Crippen LogP contribution in [0.15, 0.2) is 12.1 Å². The predicted octanol–water partition coefficient (Wildman–Crippen LogP) is 6.38. The van der Waals surface area contributed by atoms with Crippen LogP contribution < -0.4 is 5.79 Å². The van der Waals surface area contributed by atoms with Gasteiger partial charge in [0.1, 0.15) is 0 Å². The van der Waals surface area contributed by atoms with E-state index in [1.807, 2.05) is 22.7 Å². The van der Waals surface area contributed by atoms with Gasteiger partial charge in [-0.1, -0.05) is 0 Å². The zero-order chi connectivity index (χ0) is 16.7. The Morgan fingerprint density at radius 2 is 1.05 bits per heavy atom. The molecule has 2 aromatic heterocycles. The third-order valence-electron chi connectivity index (χ3n) is 3.29. The van der Waals surface area contributed by atoms with Crippen LogP contribution in [0.25, 0.3) is 12.2 Å². The fourth-order valence-corrected chi connectivity index (χ4v) is 15.6. The summed E-state index contributed by atoms with van der Waals surface area (Å²) in [5, 5.41) is 1.76. The van der Waals surface area contributed by atoms with E-state index < -0.39 is 36.8 Å². The number of thiophene rings is 2. The van der Waals surface area contributed by atoms with Gasteiger partial charge in [0.2, 0.25) is 0 Å². The second-order valence-electron chi connectivity index (χ2n) is 7.48. The van der Waals surface area contributed by atoms with Crippen LogP contribution in [0.4, 0.5) is 0 Å². The Morgan fingerprint density at radius 3 is 1.27 bits per heavy atom. The molecule has 0 saturated carbocycles. The second kappa shape index (κ2) is 7.28. The molecule has 0 amide bonds. The van der Waals surface area contributed by atoms with E-state index in [0.29, 0.717) is 0 Å². The third-order valence-corrected chi connectivity index (χ3v) is 25.2. The average Bonchev–Trinajstić information content (AvgIpc) is 2.89. The molecule has 0 fully saturated rings. The summed E-state index contributed by atoms with van der Waals surface area (Å²) in [6, 6.07) is 4.35. The molecular weight excluding hydrogens is 565 g/mol. The van der Waals surface area contributed by atoms with Gasteiger partial charge in [0.25, 0.3) is 0 Å². The fourth-order valence-electron chi connectivity index (χ4n) is 1.88. The first kappa shape index (κ1) is 19.6. The first-order valence-corrected chi connectivity index (χ1v) is 29.6. The predicted molar refractivity (Wildman–Crippen MR) is 114 cm³/mol. The number of rotatable bonds is 4. The Morgan fingerprint density at radius 1 is 0.727 bits per heavy atom. The van der Waals surface area contributed by atoms with Crippen molar-refractivity contribution in [1.82, 2.24) is 0 Å². The van der Waals surface area contributed by atoms with Crippen molar-refractivity contribution >= 4 is 101 Å². The van der Waals surface area contributed by atoms with Crippen LogP contribution in [-0.2, 0) is 0 Å². The van der Waals surface area contributed by atoms with Crippen molar-refractivity contribution in [1.29, 1.82) is 0 Å². The zero-order valence-corrected chi connectivity index (χ0v) is 22.7. The van der Waals surface area contributed by atoms with Crippen LogP contribution in [0.1, 0.15) is 9.75 Å². The Balaban J connectivity index is 2.30. The van der Waals surface area contributed by atoms with Crippen molar-refractivity contribution < 1.29 is 0 Å². The van der Waals surface area contributed by atoms with Gasteiger partial charge < -0.3 is 0 Å². The van der Waals surface area contributed by atoms with Crippen LogP contribution in [0.5, 0.6) is 0 Å². The molecule has 0 unspecified atom stereocenters. The van der Waals surface area contributed by atoms with Crippen LogP contribution in [0.3, 0.4) is 0 Å². The molecule has 0 aliphatic heterocycles. The van der Waals surface area contributed by atoms with Gasteiger partial charge in [0, 0.05) is 0 Å². The van der Waals surface area contributed by atoms with E-state index in [0.717, 1.165) is 19.8 Å². The van der Waals surface area contributed by atoms with E-state index in [1.165, 1.54) is 5.79 Å². The summed E-state index contributed by atoms with van der Waals surface area (Å²) in [5.41, 5.74) is 0. The Bertz CT molecular complexity index is 641. The van der Waals surface area contributed by atoms with Gasteiger partial charge >= 0.3 is 162 Å². The van der Waals surface area contributed by atoms with Crippen molar-refractivity contribution in [3.63, 3.8) is 0 Å². The van der Waals surface area contributed by atoms with Gasteiger partial charge in [-0.3, -0.25) is 0 Å². The molecule has 0 atom stereocenters. The summed E-state index contributed by atoms with van der Waals surface area (Å²) in [6.45, 7) is 0. The monoisotopic (exact) mass is 588 g/mol. The molecule has 6 heteroatoms. The maximum absolute atomic E-state index is 6.41. The summed E-state index contributed by atoms with van der Waals surface area (Å²) in [6.07, 6.45) is 4.27. The molecule has 0 nitrogen and oxygen atoms in total. The normalized spacial score (nSPS) is 13.3. The SMILES string of the molecule is [CH3][Sn]([CH3])([CH3])[c]1cc(Cl)c(/C=C/c2s[c]([Sn]([CH3])([CH3])[CH3])cc2Cl)s1. The summed E-state index contributed by atoms with van der Waals surface area (Å²) in [4.78, 5) is 16.8. The first-order valence-electron chi connectivity index (χ1n) is 7.26. The van der Waals surface area contributed by atoms with Crippen molar-refractivity contribution in [3.05, 3.63) is 31.9 Å². The summed E-state index contributed by atoms with van der Waals surface area (Å²) in [5.74, 6) is 0. The van der Waals surface area contributed by atoms with Crippen molar-refractivity contribution in [2.75, 3.05) is 0 Å². The van der Waals surface area contributed by atoms with Crippen molar-refractivity contribution in [3.8, 4) is 0 Å². The molecule has 0 aliphatic rings. The van der Waals surface area contributed by atoms with Crippen LogP contribution in [0, 0.1) is 0 Å². The molecule has 0 saturated heterocycles. The minimum atomic E-state index is -2.03. The Labute approximate surface area is 160 Å². The standard InChI is InChI=1S/C10H4Cl2S2.6CH3.2Sn/c11-7-3-5-13-9(7)1-2-10-8(12)4-6-14-10;;;;;;;;/h1-4H;6*1H3;;/b2-1+;;;;;;;;. The van der Waals surface area contributed by atoms with Gasteiger partial charge in [-0.2, -0.15) is 0 Å². The number of hydrogen-bond donors (Lipinski definition) is 0.